The summed E-state index contributed by atoms with van der Waals surface area (Å²) in [5, 5.41) is 9.56. The van der Waals surface area contributed by atoms with Crippen LogP contribution in [-0.2, 0) is 30.8 Å². The molecule has 0 aromatic heterocycles. The molecule has 8 nitrogen and oxygen atoms in total. The van der Waals surface area contributed by atoms with Crippen LogP contribution in [0.25, 0.3) is 0 Å². The zero-order valence-electron chi connectivity index (χ0n) is 33.5. The third-order valence-corrected chi connectivity index (χ3v) is 9.16. The Morgan fingerprint density at radius 1 is 0.500 bits per heavy atom. The standard InChI is InChI=1S/C26H28O4.C24H24O4/c1-3-28-26(27)25-20(2)17-23(30-19-22-13-8-5-9-14-22)18-24(25)29-16-10-15-21-11-6-4-7-12-21;1-18-15-21(28-17-20-11-6-3-7-12-20)16-22(23(18)24(25)26)27-14-8-13-19-9-4-2-5-10-19/h4-9,11-14,17-18H,3,10,15-16,19H2,1-2H3;2-7,9-12,15-16H,8,13-14,17H2,1H3,(H,25,26). The van der Waals surface area contributed by atoms with Crippen LogP contribution in [0.3, 0.4) is 0 Å². The number of hydrogen-bond acceptors (Lipinski definition) is 7. The number of aryl methyl sites for hydroxylation is 4. The maximum absolute atomic E-state index is 12.5. The molecule has 6 aromatic carbocycles. The molecule has 6 aromatic rings. The number of hydrogen-bond donors (Lipinski definition) is 1. The van der Waals surface area contributed by atoms with Gasteiger partial charge in [0.05, 0.1) is 19.8 Å². The predicted molar refractivity (Wildman–Crippen MR) is 227 cm³/mol. The topological polar surface area (TPSA) is 101 Å². The second kappa shape index (κ2) is 22.9. The van der Waals surface area contributed by atoms with Crippen molar-refractivity contribution in [3.8, 4) is 23.0 Å². The highest BCUT2D eigenvalue weighted by atomic mass is 16.5. The van der Waals surface area contributed by atoms with Crippen LogP contribution < -0.4 is 18.9 Å². The Kier molecular flexibility index (Phi) is 16.8. The molecule has 0 fully saturated rings. The molecule has 0 heterocycles. The van der Waals surface area contributed by atoms with E-state index in [-0.39, 0.29) is 11.5 Å². The average molecular weight is 781 g/mol. The molecule has 0 atom stereocenters. The molecule has 58 heavy (non-hydrogen) atoms. The number of carbonyl (C=O) groups excluding carboxylic acids is 1. The lowest BCUT2D eigenvalue weighted by molar-refractivity contribution is 0.0520. The van der Waals surface area contributed by atoms with Crippen LogP contribution in [-0.4, -0.2) is 36.9 Å². The minimum absolute atomic E-state index is 0.187. The zero-order valence-corrected chi connectivity index (χ0v) is 33.5. The summed E-state index contributed by atoms with van der Waals surface area (Å²) in [7, 11) is 0. The second-order valence-electron chi connectivity index (χ2n) is 13.7. The quantitative estimate of drug-likeness (QED) is 0.0640. The molecule has 0 amide bonds. The van der Waals surface area contributed by atoms with E-state index < -0.39 is 5.97 Å². The number of carboxylic acids is 1. The van der Waals surface area contributed by atoms with Crippen LogP contribution in [0.4, 0.5) is 0 Å². The number of esters is 1. The van der Waals surface area contributed by atoms with Crippen molar-refractivity contribution in [1.29, 1.82) is 0 Å². The van der Waals surface area contributed by atoms with E-state index >= 15 is 0 Å². The average Bonchev–Trinajstić information content (AvgIpc) is 3.24. The Hall–Kier alpha value is -6.54. The number of carbonyl (C=O) groups is 2. The summed E-state index contributed by atoms with van der Waals surface area (Å²) >= 11 is 0. The maximum Gasteiger partial charge on any atom is 0.342 e. The minimum atomic E-state index is -0.995. The summed E-state index contributed by atoms with van der Waals surface area (Å²) in [5.41, 5.74) is 6.68. The van der Waals surface area contributed by atoms with Gasteiger partial charge in [0, 0.05) is 12.1 Å². The van der Waals surface area contributed by atoms with Crippen LogP contribution in [0.2, 0.25) is 0 Å². The van der Waals surface area contributed by atoms with Gasteiger partial charge in [-0.05, 0) is 92.0 Å². The molecular weight excluding hydrogens is 729 g/mol. The van der Waals surface area contributed by atoms with Crippen molar-refractivity contribution in [3.63, 3.8) is 0 Å². The number of benzene rings is 6. The molecule has 0 bridgehead atoms. The molecule has 0 saturated heterocycles. The van der Waals surface area contributed by atoms with Crippen molar-refractivity contribution in [3.05, 3.63) is 190 Å². The highest BCUT2D eigenvalue weighted by molar-refractivity contribution is 5.94. The number of aromatic carboxylic acids is 1. The number of ether oxygens (including phenoxy) is 5. The Balaban J connectivity index is 0.000000221. The monoisotopic (exact) mass is 780 g/mol. The normalized spacial score (nSPS) is 10.5. The molecular formula is C50H52O8. The first-order valence-electron chi connectivity index (χ1n) is 19.7. The molecule has 0 unspecified atom stereocenters. The lowest BCUT2D eigenvalue weighted by atomic mass is 10.1. The second-order valence-corrected chi connectivity index (χ2v) is 13.7. The van der Waals surface area contributed by atoms with E-state index in [1.165, 1.54) is 11.1 Å². The van der Waals surface area contributed by atoms with Gasteiger partial charge in [-0.15, -0.1) is 0 Å². The molecule has 0 saturated carbocycles. The largest absolute Gasteiger partial charge is 0.493 e. The molecule has 0 aliphatic heterocycles. The van der Waals surface area contributed by atoms with Gasteiger partial charge in [-0.25, -0.2) is 9.59 Å². The molecule has 0 spiro atoms. The van der Waals surface area contributed by atoms with E-state index in [9.17, 15) is 14.7 Å². The van der Waals surface area contributed by atoms with Gasteiger partial charge in [0.25, 0.3) is 0 Å². The number of carboxylic acid groups (broad SMARTS) is 1. The van der Waals surface area contributed by atoms with E-state index in [4.69, 9.17) is 23.7 Å². The fourth-order valence-corrected chi connectivity index (χ4v) is 6.27. The Morgan fingerprint density at radius 2 is 0.879 bits per heavy atom. The summed E-state index contributed by atoms with van der Waals surface area (Å²) in [6, 6.07) is 47.3. The first-order valence-corrected chi connectivity index (χ1v) is 19.7. The summed E-state index contributed by atoms with van der Waals surface area (Å²) in [5.74, 6) is 0.757. The lowest BCUT2D eigenvalue weighted by Gasteiger charge is -2.16. The molecule has 0 aliphatic carbocycles. The smallest absolute Gasteiger partial charge is 0.342 e. The van der Waals surface area contributed by atoms with Gasteiger partial charge in [0.15, 0.2) is 0 Å². The van der Waals surface area contributed by atoms with E-state index in [1.54, 1.807) is 32.0 Å². The first-order chi connectivity index (χ1) is 28.3. The fraction of sp³-hybridized carbons (Fsp3) is 0.240. The van der Waals surface area contributed by atoms with Crippen LogP contribution in [0.1, 0.15) is 73.9 Å². The van der Waals surface area contributed by atoms with E-state index in [2.05, 4.69) is 24.3 Å². The van der Waals surface area contributed by atoms with E-state index in [0.717, 1.165) is 42.4 Å². The summed E-state index contributed by atoms with van der Waals surface area (Å²) in [6.07, 6.45) is 3.45. The van der Waals surface area contributed by atoms with Crippen LogP contribution in [0, 0.1) is 13.8 Å². The van der Waals surface area contributed by atoms with Crippen molar-refractivity contribution in [2.24, 2.45) is 0 Å². The Labute approximate surface area is 342 Å². The van der Waals surface area contributed by atoms with Gasteiger partial charge in [-0.1, -0.05) is 121 Å². The highest BCUT2D eigenvalue weighted by Crippen LogP contribution is 2.31. The van der Waals surface area contributed by atoms with Crippen LogP contribution in [0.15, 0.2) is 146 Å². The van der Waals surface area contributed by atoms with E-state index in [1.807, 2.05) is 110 Å². The summed E-state index contributed by atoms with van der Waals surface area (Å²) < 4.78 is 28.9. The Bertz CT molecular complexity index is 2150. The molecule has 1 N–H and O–H groups in total. The van der Waals surface area contributed by atoms with Crippen molar-refractivity contribution in [2.75, 3.05) is 19.8 Å². The van der Waals surface area contributed by atoms with Gasteiger partial charge >= 0.3 is 11.9 Å². The Morgan fingerprint density at radius 3 is 1.28 bits per heavy atom. The van der Waals surface area contributed by atoms with E-state index in [0.29, 0.717) is 67.2 Å². The summed E-state index contributed by atoms with van der Waals surface area (Å²) in [4.78, 5) is 24.2. The van der Waals surface area contributed by atoms with Crippen LogP contribution in [0.5, 0.6) is 23.0 Å². The van der Waals surface area contributed by atoms with Crippen molar-refractivity contribution in [1.82, 2.24) is 0 Å². The molecule has 0 aliphatic rings. The highest BCUT2D eigenvalue weighted by Gasteiger charge is 2.20. The minimum Gasteiger partial charge on any atom is -0.493 e. The molecule has 0 radical (unpaired) electrons. The molecule has 300 valence electrons. The first kappa shape index (κ1) is 42.6. The van der Waals surface area contributed by atoms with Crippen molar-refractivity contribution < 1.29 is 38.4 Å². The van der Waals surface area contributed by atoms with Crippen LogP contribution >= 0.6 is 0 Å². The third kappa shape index (κ3) is 13.6. The molecule has 6 rings (SSSR count). The van der Waals surface area contributed by atoms with Gasteiger partial charge in [0.1, 0.15) is 47.3 Å². The zero-order chi connectivity index (χ0) is 41.0. The summed E-state index contributed by atoms with van der Waals surface area (Å²) in [6.45, 7) is 7.56. The van der Waals surface area contributed by atoms with Gasteiger partial charge in [-0.2, -0.15) is 0 Å². The number of rotatable bonds is 19. The fourth-order valence-electron chi connectivity index (χ4n) is 6.27. The van der Waals surface area contributed by atoms with Gasteiger partial charge in [-0.3, -0.25) is 0 Å². The lowest BCUT2D eigenvalue weighted by Crippen LogP contribution is -2.11. The van der Waals surface area contributed by atoms with Crippen molar-refractivity contribution >= 4 is 11.9 Å². The van der Waals surface area contributed by atoms with Gasteiger partial charge < -0.3 is 28.8 Å². The molecule has 8 heteroatoms. The van der Waals surface area contributed by atoms with Gasteiger partial charge in [0.2, 0.25) is 0 Å². The maximum atomic E-state index is 12.5. The predicted octanol–water partition coefficient (Wildman–Crippen LogP) is 11.0. The van der Waals surface area contributed by atoms with Crippen molar-refractivity contribution in [2.45, 2.75) is 59.7 Å². The third-order valence-electron chi connectivity index (χ3n) is 9.16. The SMILES string of the molecule is CCOC(=O)c1c(C)cc(OCc2ccccc2)cc1OCCCc1ccccc1.Cc1cc(OCc2ccccc2)cc(OCCCc2ccccc2)c1C(=O)O.